The summed E-state index contributed by atoms with van der Waals surface area (Å²) in [5, 5.41) is 5.33. The first-order chi connectivity index (χ1) is 14.7. The Morgan fingerprint density at radius 2 is 1.58 bits per heavy atom. The molecule has 0 saturated carbocycles. The lowest BCUT2D eigenvalue weighted by Crippen LogP contribution is -2.55. The van der Waals surface area contributed by atoms with Crippen LogP contribution in [-0.2, 0) is 20.8 Å². The van der Waals surface area contributed by atoms with Gasteiger partial charge < -0.3 is 33.6 Å². The van der Waals surface area contributed by atoms with Gasteiger partial charge in [0.2, 0.25) is 17.7 Å². The number of carbonyl (C=O) groups excluding carboxylic acids is 3. The van der Waals surface area contributed by atoms with Crippen molar-refractivity contribution >= 4 is 23.7 Å². The van der Waals surface area contributed by atoms with Crippen molar-refractivity contribution in [1.29, 1.82) is 0 Å². The monoisotopic (exact) mass is 433 g/mol. The van der Waals surface area contributed by atoms with Crippen molar-refractivity contribution in [1.82, 2.24) is 10.6 Å². The summed E-state index contributed by atoms with van der Waals surface area (Å²) in [5.74, 6) is -1.65. The van der Waals surface area contributed by atoms with Gasteiger partial charge in [-0.25, -0.2) is 0 Å². The van der Waals surface area contributed by atoms with Crippen LogP contribution in [0.3, 0.4) is 0 Å². The second kappa shape index (κ2) is 14.0. The Morgan fingerprint density at radius 3 is 2.16 bits per heavy atom. The first-order valence-electron chi connectivity index (χ1n) is 10.5. The van der Waals surface area contributed by atoms with Crippen molar-refractivity contribution in [2.45, 2.75) is 63.6 Å². The summed E-state index contributed by atoms with van der Waals surface area (Å²) in [4.78, 5) is 41.1. The van der Waals surface area contributed by atoms with Gasteiger partial charge in [-0.15, -0.1) is 0 Å². The summed E-state index contributed by atoms with van der Waals surface area (Å²) in [6.07, 6.45) is 3.18. The summed E-state index contributed by atoms with van der Waals surface area (Å²) in [6.45, 7) is 2.30. The lowest BCUT2D eigenvalue weighted by Gasteiger charge is -2.23. The Kier molecular flexibility index (Phi) is 11.7. The van der Waals surface area contributed by atoms with Gasteiger partial charge in [0, 0.05) is 13.0 Å². The number of hydrogen-bond donors (Lipinski definition) is 6. The van der Waals surface area contributed by atoms with Crippen LogP contribution in [-0.4, -0.2) is 48.4 Å². The molecule has 172 valence electrons. The molecule has 10 N–H and O–H groups in total. The van der Waals surface area contributed by atoms with Crippen LogP contribution in [0.15, 0.2) is 35.3 Å². The molecule has 1 aromatic rings. The highest BCUT2D eigenvalue weighted by Gasteiger charge is 2.27. The fourth-order valence-electron chi connectivity index (χ4n) is 2.95. The van der Waals surface area contributed by atoms with Gasteiger partial charge in [0.1, 0.15) is 12.1 Å². The number of guanidine groups is 1. The number of rotatable bonds is 14. The molecule has 0 aliphatic rings. The van der Waals surface area contributed by atoms with E-state index < -0.39 is 35.8 Å². The second-order valence-electron chi connectivity index (χ2n) is 7.41. The Labute approximate surface area is 183 Å². The quantitative estimate of drug-likeness (QED) is 0.127. The van der Waals surface area contributed by atoms with Crippen molar-refractivity contribution in [2.24, 2.45) is 27.9 Å². The van der Waals surface area contributed by atoms with Crippen LogP contribution in [0.25, 0.3) is 0 Å². The van der Waals surface area contributed by atoms with Crippen LogP contribution in [0.2, 0.25) is 0 Å². The van der Waals surface area contributed by atoms with E-state index in [0.29, 0.717) is 19.4 Å². The van der Waals surface area contributed by atoms with Crippen LogP contribution in [0.4, 0.5) is 0 Å². The molecule has 10 nitrogen and oxygen atoms in total. The molecule has 0 aliphatic heterocycles. The molecule has 0 aromatic heterocycles. The highest BCUT2D eigenvalue weighted by atomic mass is 16.2. The average molecular weight is 434 g/mol. The van der Waals surface area contributed by atoms with E-state index in [-0.39, 0.29) is 18.8 Å². The SMILES string of the molecule is CCCC[C@H](N)C(=O)N[C@H](CCCN=C(N)N)C(=O)N[C@@H](Cc1ccccc1)C(N)=O. The minimum Gasteiger partial charge on any atom is -0.370 e. The molecule has 0 radical (unpaired) electrons. The van der Waals surface area contributed by atoms with E-state index in [1.807, 2.05) is 37.3 Å². The maximum Gasteiger partial charge on any atom is 0.243 e. The van der Waals surface area contributed by atoms with Crippen molar-refractivity contribution in [3.8, 4) is 0 Å². The molecule has 3 atom stereocenters. The number of amides is 3. The Hall–Kier alpha value is -3.14. The third-order valence-electron chi connectivity index (χ3n) is 4.73. The van der Waals surface area contributed by atoms with Gasteiger partial charge in [0.05, 0.1) is 6.04 Å². The molecular weight excluding hydrogens is 398 g/mol. The summed E-state index contributed by atoms with van der Waals surface area (Å²) in [6, 6.07) is 6.66. The third-order valence-corrected chi connectivity index (χ3v) is 4.73. The van der Waals surface area contributed by atoms with Gasteiger partial charge in [-0.2, -0.15) is 0 Å². The first kappa shape index (κ1) is 25.9. The lowest BCUT2D eigenvalue weighted by atomic mass is 10.0. The minimum absolute atomic E-state index is 0.0525. The number of carbonyl (C=O) groups is 3. The zero-order chi connectivity index (χ0) is 23.2. The number of primary amides is 1. The number of hydrogen-bond acceptors (Lipinski definition) is 5. The Morgan fingerprint density at radius 1 is 0.935 bits per heavy atom. The molecule has 1 rings (SSSR count). The molecule has 0 heterocycles. The van der Waals surface area contributed by atoms with E-state index in [9.17, 15) is 14.4 Å². The van der Waals surface area contributed by atoms with Crippen LogP contribution in [0, 0.1) is 0 Å². The number of aliphatic imine (C=N–C) groups is 1. The molecular formula is C21H35N7O3. The van der Waals surface area contributed by atoms with E-state index in [0.717, 1.165) is 18.4 Å². The summed E-state index contributed by atoms with van der Waals surface area (Å²) in [5.41, 5.74) is 22.9. The van der Waals surface area contributed by atoms with Gasteiger partial charge >= 0.3 is 0 Å². The summed E-state index contributed by atoms with van der Waals surface area (Å²) in [7, 11) is 0. The largest absolute Gasteiger partial charge is 0.370 e. The molecule has 3 amide bonds. The van der Waals surface area contributed by atoms with E-state index in [4.69, 9.17) is 22.9 Å². The summed E-state index contributed by atoms with van der Waals surface area (Å²) >= 11 is 0. The summed E-state index contributed by atoms with van der Waals surface area (Å²) < 4.78 is 0. The fraction of sp³-hybridized carbons (Fsp3) is 0.524. The maximum atomic E-state index is 12.9. The lowest BCUT2D eigenvalue weighted by molar-refractivity contribution is -0.132. The molecule has 31 heavy (non-hydrogen) atoms. The fourth-order valence-corrected chi connectivity index (χ4v) is 2.95. The molecule has 0 fully saturated rings. The minimum atomic E-state index is -0.916. The van der Waals surface area contributed by atoms with Crippen LogP contribution in [0.1, 0.15) is 44.6 Å². The maximum absolute atomic E-state index is 12.9. The highest BCUT2D eigenvalue weighted by molar-refractivity contribution is 5.92. The van der Waals surface area contributed by atoms with Gasteiger partial charge in [-0.05, 0) is 24.8 Å². The average Bonchev–Trinajstić information content (AvgIpc) is 2.73. The second-order valence-corrected chi connectivity index (χ2v) is 7.41. The van der Waals surface area contributed by atoms with E-state index in [2.05, 4.69) is 15.6 Å². The van der Waals surface area contributed by atoms with Crippen molar-refractivity contribution in [2.75, 3.05) is 6.54 Å². The van der Waals surface area contributed by atoms with Crippen LogP contribution < -0.4 is 33.6 Å². The molecule has 0 unspecified atom stereocenters. The Balaban J connectivity index is 2.84. The Bertz CT molecular complexity index is 736. The van der Waals surface area contributed by atoms with Gasteiger partial charge in [-0.1, -0.05) is 50.1 Å². The molecule has 0 spiro atoms. The molecule has 0 bridgehead atoms. The van der Waals surface area contributed by atoms with Crippen molar-refractivity contribution in [3.05, 3.63) is 35.9 Å². The normalized spacial score (nSPS) is 13.5. The van der Waals surface area contributed by atoms with E-state index in [1.54, 1.807) is 0 Å². The smallest absolute Gasteiger partial charge is 0.243 e. The topological polar surface area (TPSA) is 192 Å². The zero-order valence-corrected chi connectivity index (χ0v) is 18.0. The van der Waals surface area contributed by atoms with E-state index in [1.165, 1.54) is 0 Å². The van der Waals surface area contributed by atoms with Crippen molar-refractivity contribution in [3.63, 3.8) is 0 Å². The molecule has 10 heteroatoms. The van der Waals surface area contributed by atoms with E-state index >= 15 is 0 Å². The molecule has 0 aliphatic carbocycles. The number of unbranched alkanes of at least 4 members (excludes halogenated alkanes) is 1. The number of benzene rings is 1. The highest BCUT2D eigenvalue weighted by Crippen LogP contribution is 2.06. The molecule has 0 saturated heterocycles. The number of nitrogens with two attached hydrogens (primary N) is 4. The van der Waals surface area contributed by atoms with Gasteiger partial charge in [0.15, 0.2) is 5.96 Å². The predicted octanol–water partition coefficient (Wildman–Crippen LogP) is -0.745. The van der Waals surface area contributed by atoms with Gasteiger partial charge in [-0.3, -0.25) is 19.4 Å². The first-order valence-corrected chi connectivity index (χ1v) is 10.5. The van der Waals surface area contributed by atoms with Gasteiger partial charge in [0.25, 0.3) is 0 Å². The standard InChI is InChI=1S/C21H35N7O3/c1-2-3-10-15(22)19(30)27-16(11-7-12-26-21(24)25)20(31)28-17(18(23)29)13-14-8-5-4-6-9-14/h4-6,8-9,15-17H,2-3,7,10-13,22H2,1H3,(H2,23,29)(H,27,30)(H,28,31)(H4,24,25,26)/t15-,16+,17-/m0/s1. The van der Waals surface area contributed by atoms with Crippen LogP contribution >= 0.6 is 0 Å². The predicted molar refractivity (Wildman–Crippen MR) is 121 cm³/mol. The third kappa shape index (κ3) is 10.4. The number of nitrogens with one attached hydrogen (secondary N) is 2. The zero-order valence-electron chi connectivity index (χ0n) is 18.0. The van der Waals surface area contributed by atoms with Crippen LogP contribution in [0.5, 0.6) is 0 Å². The van der Waals surface area contributed by atoms with Crippen molar-refractivity contribution < 1.29 is 14.4 Å². The number of nitrogens with zero attached hydrogens (tertiary/aromatic N) is 1. The molecule has 1 aromatic carbocycles.